The van der Waals surface area contributed by atoms with Crippen LogP contribution >= 0.6 is 0 Å². The molecule has 0 spiro atoms. The Balaban J connectivity index is 2.79. The zero-order valence-corrected chi connectivity index (χ0v) is 11.6. The summed E-state index contributed by atoms with van der Waals surface area (Å²) >= 11 is 0. The molecule has 0 saturated carbocycles. The van der Waals surface area contributed by atoms with Gasteiger partial charge in [0.2, 0.25) is 0 Å². The van der Waals surface area contributed by atoms with Gasteiger partial charge in [0, 0.05) is 19.3 Å². The molecular formula is C14H20N2O3. The minimum atomic E-state index is -0.403. The molecule has 0 aliphatic rings. The zero-order chi connectivity index (χ0) is 14.3. The van der Waals surface area contributed by atoms with Gasteiger partial charge in [0.25, 0.3) is 5.91 Å². The molecule has 0 saturated heterocycles. The number of esters is 1. The van der Waals surface area contributed by atoms with E-state index in [1.165, 1.54) is 4.90 Å². The lowest BCUT2D eigenvalue weighted by Gasteiger charge is -2.18. The predicted octanol–water partition coefficient (Wildman–Crippen LogP) is 1.75. The molecule has 0 aromatic heterocycles. The fourth-order valence-corrected chi connectivity index (χ4v) is 1.69. The van der Waals surface area contributed by atoms with Crippen molar-refractivity contribution < 1.29 is 14.3 Å². The van der Waals surface area contributed by atoms with Crippen LogP contribution in [0.25, 0.3) is 0 Å². The maximum Gasteiger partial charge on any atom is 0.325 e. The number of nitrogens with one attached hydrogen (secondary N) is 1. The van der Waals surface area contributed by atoms with Crippen LogP contribution in [0.15, 0.2) is 24.3 Å². The maximum absolute atomic E-state index is 12.3. The smallest absolute Gasteiger partial charge is 0.325 e. The molecule has 1 aromatic carbocycles. The highest BCUT2D eigenvalue weighted by molar-refractivity contribution is 6.00. The van der Waals surface area contributed by atoms with E-state index in [1.54, 1.807) is 26.1 Å². The first kappa shape index (κ1) is 15.0. The Morgan fingerprint density at radius 3 is 2.58 bits per heavy atom. The van der Waals surface area contributed by atoms with E-state index in [1.807, 2.05) is 19.1 Å². The van der Waals surface area contributed by atoms with Crippen LogP contribution in [-0.2, 0) is 9.53 Å². The van der Waals surface area contributed by atoms with Crippen molar-refractivity contribution in [3.8, 4) is 0 Å². The average molecular weight is 264 g/mol. The maximum atomic E-state index is 12.3. The third kappa shape index (κ3) is 4.28. The van der Waals surface area contributed by atoms with Crippen LogP contribution in [-0.4, -0.2) is 43.5 Å². The fourth-order valence-electron chi connectivity index (χ4n) is 1.69. The standard InChI is InChI=1S/C14H20N2O3/c1-4-15-12-9-7-6-8-11(12)14(18)16(3)10-13(17)19-5-2/h6-9,15H,4-5,10H2,1-3H3. The van der Waals surface area contributed by atoms with Gasteiger partial charge in [-0.15, -0.1) is 0 Å². The van der Waals surface area contributed by atoms with E-state index >= 15 is 0 Å². The summed E-state index contributed by atoms with van der Waals surface area (Å²) in [5.74, 6) is -0.608. The quantitative estimate of drug-likeness (QED) is 0.795. The highest BCUT2D eigenvalue weighted by Crippen LogP contribution is 2.16. The van der Waals surface area contributed by atoms with Crippen LogP contribution in [0, 0.1) is 0 Å². The number of hydrogen-bond acceptors (Lipinski definition) is 4. The van der Waals surface area contributed by atoms with Crippen molar-refractivity contribution in [2.75, 3.05) is 32.1 Å². The Morgan fingerprint density at radius 1 is 1.26 bits per heavy atom. The second-order valence-electron chi connectivity index (χ2n) is 4.04. The molecule has 19 heavy (non-hydrogen) atoms. The first-order valence-electron chi connectivity index (χ1n) is 6.34. The Morgan fingerprint density at radius 2 is 1.95 bits per heavy atom. The Labute approximate surface area is 113 Å². The van der Waals surface area contributed by atoms with Gasteiger partial charge in [-0.2, -0.15) is 0 Å². The first-order valence-corrected chi connectivity index (χ1v) is 6.34. The lowest BCUT2D eigenvalue weighted by atomic mass is 10.1. The summed E-state index contributed by atoms with van der Waals surface area (Å²) in [7, 11) is 1.59. The van der Waals surface area contributed by atoms with Crippen molar-refractivity contribution in [2.45, 2.75) is 13.8 Å². The number of hydrogen-bond donors (Lipinski definition) is 1. The number of ether oxygens (including phenoxy) is 1. The van der Waals surface area contributed by atoms with Gasteiger partial charge in [0.1, 0.15) is 6.54 Å². The minimum Gasteiger partial charge on any atom is -0.465 e. The summed E-state index contributed by atoms with van der Waals surface area (Å²) in [5, 5.41) is 3.13. The second kappa shape index (κ2) is 7.41. The van der Waals surface area contributed by atoms with E-state index in [9.17, 15) is 9.59 Å². The molecule has 1 rings (SSSR count). The number of nitrogens with zero attached hydrogens (tertiary/aromatic N) is 1. The van der Waals surface area contributed by atoms with Crippen LogP contribution in [0.5, 0.6) is 0 Å². The molecule has 1 amide bonds. The number of likely N-dealkylation sites (N-methyl/N-ethyl adjacent to an activating group) is 1. The molecule has 0 aliphatic heterocycles. The van der Waals surface area contributed by atoms with Crippen molar-refractivity contribution in [1.29, 1.82) is 0 Å². The SMILES string of the molecule is CCNc1ccccc1C(=O)N(C)CC(=O)OCC. The number of carbonyl (C=O) groups excluding carboxylic acids is 2. The number of amides is 1. The summed E-state index contributed by atoms with van der Waals surface area (Å²) in [5.41, 5.74) is 1.32. The van der Waals surface area contributed by atoms with Gasteiger partial charge in [-0.3, -0.25) is 9.59 Å². The number of carbonyl (C=O) groups is 2. The fraction of sp³-hybridized carbons (Fsp3) is 0.429. The number of rotatable bonds is 6. The molecule has 0 bridgehead atoms. The third-order valence-electron chi connectivity index (χ3n) is 2.54. The van der Waals surface area contributed by atoms with Crippen LogP contribution in [0.2, 0.25) is 0 Å². The van der Waals surface area contributed by atoms with Crippen molar-refractivity contribution in [3.05, 3.63) is 29.8 Å². The topological polar surface area (TPSA) is 58.6 Å². The van der Waals surface area contributed by atoms with E-state index < -0.39 is 5.97 Å². The lowest BCUT2D eigenvalue weighted by molar-refractivity contribution is -0.143. The molecule has 0 atom stereocenters. The number of para-hydroxylation sites is 1. The molecule has 1 aromatic rings. The van der Waals surface area contributed by atoms with Gasteiger partial charge >= 0.3 is 5.97 Å². The lowest BCUT2D eigenvalue weighted by Crippen LogP contribution is -2.33. The average Bonchev–Trinajstić information content (AvgIpc) is 2.39. The highest BCUT2D eigenvalue weighted by atomic mass is 16.5. The van der Waals surface area contributed by atoms with Crippen molar-refractivity contribution in [2.24, 2.45) is 0 Å². The summed E-state index contributed by atoms with van der Waals surface area (Å²) in [6.45, 7) is 4.69. The molecule has 104 valence electrons. The highest BCUT2D eigenvalue weighted by Gasteiger charge is 2.17. The van der Waals surface area contributed by atoms with E-state index in [0.717, 1.165) is 12.2 Å². The first-order chi connectivity index (χ1) is 9.10. The molecular weight excluding hydrogens is 244 g/mol. The zero-order valence-electron chi connectivity index (χ0n) is 11.6. The van der Waals surface area contributed by atoms with Crippen LogP contribution < -0.4 is 5.32 Å². The van der Waals surface area contributed by atoms with Gasteiger partial charge in [-0.05, 0) is 26.0 Å². The van der Waals surface area contributed by atoms with Gasteiger partial charge < -0.3 is 15.0 Å². The van der Waals surface area contributed by atoms with E-state index in [2.05, 4.69) is 5.32 Å². The monoisotopic (exact) mass is 264 g/mol. The molecule has 1 N–H and O–H groups in total. The van der Waals surface area contributed by atoms with Crippen molar-refractivity contribution in [3.63, 3.8) is 0 Å². The van der Waals surface area contributed by atoms with Gasteiger partial charge in [0.15, 0.2) is 0 Å². The molecule has 0 heterocycles. The summed E-state index contributed by atoms with van der Waals surface area (Å²) in [4.78, 5) is 25.0. The van der Waals surface area contributed by atoms with Crippen molar-refractivity contribution >= 4 is 17.6 Å². The Hall–Kier alpha value is -2.04. The molecule has 0 radical (unpaired) electrons. The third-order valence-corrected chi connectivity index (χ3v) is 2.54. The Bertz CT molecular complexity index is 446. The summed E-state index contributed by atoms with van der Waals surface area (Å²) in [6, 6.07) is 7.24. The molecule has 0 unspecified atom stereocenters. The van der Waals surface area contributed by atoms with Gasteiger partial charge in [-0.1, -0.05) is 12.1 Å². The van der Waals surface area contributed by atoms with Crippen LogP contribution in [0.4, 0.5) is 5.69 Å². The number of benzene rings is 1. The van der Waals surface area contributed by atoms with Crippen LogP contribution in [0.1, 0.15) is 24.2 Å². The largest absolute Gasteiger partial charge is 0.465 e. The number of anilines is 1. The molecule has 0 aliphatic carbocycles. The minimum absolute atomic E-state index is 0.0485. The predicted molar refractivity (Wildman–Crippen MR) is 74.2 cm³/mol. The molecule has 5 nitrogen and oxygen atoms in total. The summed E-state index contributed by atoms with van der Waals surface area (Å²) < 4.78 is 4.83. The summed E-state index contributed by atoms with van der Waals surface area (Å²) in [6.07, 6.45) is 0. The van der Waals surface area contributed by atoms with Gasteiger partial charge in [0.05, 0.1) is 12.2 Å². The van der Waals surface area contributed by atoms with E-state index in [-0.39, 0.29) is 12.5 Å². The normalized spacial score (nSPS) is 9.84. The Kier molecular flexibility index (Phi) is 5.85. The van der Waals surface area contributed by atoms with E-state index in [0.29, 0.717) is 12.2 Å². The second-order valence-corrected chi connectivity index (χ2v) is 4.04. The molecule has 0 fully saturated rings. The van der Waals surface area contributed by atoms with Gasteiger partial charge in [-0.25, -0.2) is 0 Å². The van der Waals surface area contributed by atoms with Crippen LogP contribution in [0.3, 0.4) is 0 Å². The van der Waals surface area contributed by atoms with E-state index in [4.69, 9.17) is 4.74 Å². The van der Waals surface area contributed by atoms with Crippen molar-refractivity contribution in [1.82, 2.24) is 4.90 Å². The molecule has 5 heteroatoms.